The monoisotopic (exact) mass is 531 g/mol. The quantitative estimate of drug-likeness (QED) is 0.290. The number of rotatable bonds is 7. The van der Waals surface area contributed by atoms with Crippen LogP contribution in [0.15, 0.2) is 23.6 Å². The van der Waals surface area contributed by atoms with E-state index in [0.29, 0.717) is 22.1 Å². The highest BCUT2D eigenvalue weighted by Gasteiger charge is 2.18. The number of benzene rings is 1. The number of nitrogens with zero attached hydrogens (tertiary/aromatic N) is 4. The molecular weight excluding hydrogens is 505 g/mol. The third-order valence-corrected chi connectivity index (χ3v) is 8.01. The Balaban J connectivity index is 1.44. The summed E-state index contributed by atoms with van der Waals surface area (Å²) in [6.45, 7) is 12.3. The fraction of sp³-hybridized carbons (Fsp3) is 0.320. The smallest absolute Gasteiger partial charge is 0.265 e. The number of anilines is 1. The lowest BCUT2D eigenvalue weighted by molar-refractivity contribution is 0.103. The van der Waals surface area contributed by atoms with Gasteiger partial charge in [0, 0.05) is 5.02 Å². The van der Waals surface area contributed by atoms with E-state index in [0.717, 1.165) is 50.2 Å². The molecule has 0 spiro atoms. The second-order valence-electron chi connectivity index (χ2n) is 8.61. The summed E-state index contributed by atoms with van der Waals surface area (Å²) in [7, 11) is 0. The van der Waals surface area contributed by atoms with Gasteiger partial charge >= 0.3 is 0 Å². The zero-order chi connectivity index (χ0) is 25.4. The largest absolute Gasteiger partial charge is 0.471 e. The Bertz CT molecular complexity index is 1400. The van der Waals surface area contributed by atoms with Crippen LogP contribution in [0.25, 0.3) is 0 Å². The molecule has 3 aromatic heterocycles. The molecule has 4 rings (SSSR count). The zero-order valence-electron chi connectivity index (χ0n) is 20.5. The number of aromatic nitrogens is 4. The van der Waals surface area contributed by atoms with Crippen LogP contribution < -0.4 is 10.1 Å². The minimum Gasteiger partial charge on any atom is -0.471 e. The van der Waals surface area contributed by atoms with Gasteiger partial charge in [-0.25, -0.2) is 4.68 Å². The minimum absolute atomic E-state index is 0.178. The number of carbonyl (C=O) groups excluding carboxylic acids is 1. The summed E-state index contributed by atoms with van der Waals surface area (Å²) in [6.07, 6.45) is 0. The highest BCUT2D eigenvalue weighted by atomic mass is 35.5. The number of hydrogen-bond acceptors (Lipinski definition) is 5. The molecule has 3 heterocycles. The van der Waals surface area contributed by atoms with Crippen LogP contribution in [0.3, 0.4) is 0 Å². The number of nitrogens with one attached hydrogen (secondary N) is 1. The molecular formula is C25H27Cl2N5O2S. The van der Waals surface area contributed by atoms with Crippen molar-refractivity contribution in [2.75, 3.05) is 5.32 Å². The molecule has 0 radical (unpaired) electrons. The summed E-state index contributed by atoms with van der Waals surface area (Å²) in [6, 6.07) is 5.68. The van der Waals surface area contributed by atoms with Gasteiger partial charge in [0.05, 0.1) is 44.9 Å². The van der Waals surface area contributed by atoms with Crippen LogP contribution in [0.4, 0.5) is 5.69 Å². The SMILES string of the molecule is Cc1cc(OCn2nc(C)c(NC(=O)c3cc(Cn4nc(C)c(Cl)c4C)cs3)c2C)cc(C)c1Cl. The summed E-state index contributed by atoms with van der Waals surface area (Å²) < 4.78 is 9.52. The fourth-order valence-electron chi connectivity index (χ4n) is 3.88. The first kappa shape index (κ1) is 25.3. The Morgan fingerprint density at radius 3 is 2.23 bits per heavy atom. The van der Waals surface area contributed by atoms with Gasteiger partial charge in [0.15, 0.2) is 6.73 Å². The molecule has 0 saturated heterocycles. The topological polar surface area (TPSA) is 74.0 Å². The van der Waals surface area contributed by atoms with Crippen LogP contribution in [-0.4, -0.2) is 25.5 Å². The average Bonchev–Trinajstić information content (AvgIpc) is 3.45. The average molecular weight is 532 g/mol. The number of halogens is 2. The normalized spacial score (nSPS) is 11.2. The van der Waals surface area contributed by atoms with Gasteiger partial charge in [-0.1, -0.05) is 23.2 Å². The highest BCUT2D eigenvalue weighted by Crippen LogP contribution is 2.27. The third-order valence-electron chi connectivity index (χ3n) is 5.89. The van der Waals surface area contributed by atoms with E-state index in [4.69, 9.17) is 27.9 Å². The molecule has 0 atom stereocenters. The highest BCUT2D eigenvalue weighted by molar-refractivity contribution is 7.12. The van der Waals surface area contributed by atoms with Gasteiger partial charge in [0.25, 0.3) is 5.91 Å². The summed E-state index contributed by atoms with van der Waals surface area (Å²) >= 11 is 13.9. The molecule has 0 bridgehead atoms. The van der Waals surface area contributed by atoms with Gasteiger partial charge in [-0.05, 0) is 81.8 Å². The Morgan fingerprint density at radius 1 is 0.943 bits per heavy atom. The van der Waals surface area contributed by atoms with E-state index >= 15 is 0 Å². The number of thiophene rings is 1. The predicted octanol–water partition coefficient (Wildman–Crippen LogP) is 6.64. The van der Waals surface area contributed by atoms with E-state index in [-0.39, 0.29) is 12.6 Å². The van der Waals surface area contributed by atoms with Crippen molar-refractivity contribution in [1.82, 2.24) is 19.6 Å². The molecule has 184 valence electrons. The molecule has 0 unspecified atom stereocenters. The fourth-order valence-corrected chi connectivity index (χ4v) is 4.93. The third kappa shape index (κ3) is 5.24. The van der Waals surface area contributed by atoms with Crippen LogP contribution in [0.2, 0.25) is 10.0 Å². The van der Waals surface area contributed by atoms with Crippen molar-refractivity contribution in [2.45, 2.75) is 54.8 Å². The van der Waals surface area contributed by atoms with Crippen molar-refractivity contribution in [3.8, 4) is 5.75 Å². The van der Waals surface area contributed by atoms with Gasteiger partial charge in [-0.15, -0.1) is 11.3 Å². The van der Waals surface area contributed by atoms with E-state index in [9.17, 15) is 4.79 Å². The molecule has 4 aromatic rings. The molecule has 7 nitrogen and oxygen atoms in total. The lowest BCUT2D eigenvalue weighted by Gasteiger charge is -2.11. The lowest BCUT2D eigenvalue weighted by Crippen LogP contribution is -2.13. The molecule has 1 aromatic carbocycles. The molecule has 0 aliphatic heterocycles. The first-order valence-electron chi connectivity index (χ1n) is 11.1. The Morgan fingerprint density at radius 2 is 1.60 bits per heavy atom. The second kappa shape index (κ2) is 10.0. The Labute approximate surface area is 218 Å². The van der Waals surface area contributed by atoms with E-state index in [2.05, 4.69) is 15.5 Å². The van der Waals surface area contributed by atoms with Crippen LogP contribution in [0.5, 0.6) is 5.75 Å². The van der Waals surface area contributed by atoms with Crippen LogP contribution in [0.1, 0.15) is 49.1 Å². The predicted molar refractivity (Wildman–Crippen MR) is 141 cm³/mol. The standard InChI is InChI=1S/C25H27Cl2N5O2S/c1-13-7-20(8-14(2)22(13)26)34-12-32-18(6)24(16(4)30-32)28-25(33)21-9-19(11-35-21)10-31-17(5)23(27)15(3)29-31/h7-9,11H,10,12H2,1-6H3,(H,28,33). The van der Waals surface area contributed by atoms with Crippen molar-refractivity contribution in [2.24, 2.45) is 0 Å². The van der Waals surface area contributed by atoms with Crippen LogP contribution in [0, 0.1) is 41.5 Å². The lowest BCUT2D eigenvalue weighted by atomic mass is 10.1. The summed E-state index contributed by atoms with van der Waals surface area (Å²) in [5.41, 5.74) is 6.83. The zero-order valence-corrected chi connectivity index (χ0v) is 22.8. The molecule has 35 heavy (non-hydrogen) atoms. The Kier molecular flexibility index (Phi) is 7.26. The molecule has 0 aliphatic rings. The molecule has 0 aliphatic carbocycles. The van der Waals surface area contributed by atoms with E-state index in [1.165, 1.54) is 11.3 Å². The number of carbonyl (C=O) groups is 1. The van der Waals surface area contributed by atoms with Crippen molar-refractivity contribution < 1.29 is 9.53 Å². The van der Waals surface area contributed by atoms with Crippen LogP contribution in [-0.2, 0) is 13.3 Å². The summed E-state index contributed by atoms with van der Waals surface area (Å²) in [5.74, 6) is 0.542. The van der Waals surface area contributed by atoms with Gasteiger partial charge in [-0.2, -0.15) is 10.2 Å². The first-order valence-corrected chi connectivity index (χ1v) is 12.7. The Hall–Kier alpha value is -2.81. The molecule has 1 amide bonds. The molecule has 0 saturated carbocycles. The maximum atomic E-state index is 13.0. The molecule has 1 N–H and O–H groups in total. The number of ether oxygens (including phenoxy) is 1. The molecule has 10 heteroatoms. The van der Waals surface area contributed by atoms with Gasteiger partial charge in [-0.3, -0.25) is 9.48 Å². The van der Waals surface area contributed by atoms with E-state index in [1.54, 1.807) is 4.68 Å². The number of aryl methyl sites for hydroxylation is 4. The van der Waals surface area contributed by atoms with Crippen molar-refractivity contribution in [3.63, 3.8) is 0 Å². The van der Waals surface area contributed by atoms with E-state index in [1.807, 2.05) is 69.8 Å². The van der Waals surface area contributed by atoms with Gasteiger partial charge < -0.3 is 10.1 Å². The molecule has 0 fully saturated rings. The second-order valence-corrected chi connectivity index (χ2v) is 10.3. The van der Waals surface area contributed by atoms with Gasteiger partial charge in [0.2, 0.25) is 0 Å². The number of hydrogen-bond donors (Lipinski definition) is 1. The van der Waals surface area contributed by atoms with E-state index < -0.39 is 0 Å². The van der Waals surface area contributed by atoms with Crippen molar-refractivity contribution >= 4 is 46.1 Å². The van der Waals surface area contributed by atoms with Gasteiger partial charge in [0.1, 0.15) is 5.75 Å². The van der Waals surface area contributed by atoms with Crippen molar-refractivity contribution in [3.05, 3.63) is 78.0 Å². The van der Waals surface area contributed by atoms with Crippen LogP contribution >= 0.6 is 34.5 Å². The maximum absolute atomic E-state index is 13.0. The summed E-state index contributed by atoms with van der Waals surface area (Å²) in [4.78, 5) is 13.6. The minimum atomic E-state index is -0.178. The van der Waals surface area contributed by atoms with Crippen molar-refractivity contribution in [1.29, 1.82) is 0 Å². The maximum Gasteiger partial charge on any atom is 0.265 e. The summed E-state index contributed by atoms with van der Waals surface area (Å²) in [5, 5.41) is 15.4. The first-order chi connectivity index (χ1) is 16.5. The number of amides is 1.